The van der Waals surface area contributed by atoms with Crippen LogP contribution in [0, 0.1) is 0 Å². The minimum Gasteiger partial charge on any atom is -0.438 e. The third kappa shape index (κ3) is 8.27. The van der Waals surface area contributed by atoms with E-state index in [-0.39, 0.29) is 25.0 Å². The number of esters is 1. The summed E-state index contributed by atoms with van der Waals surface area (Å²) in [6.07, 6.45) is 0.0697. The molecule has 1 heterocycles. The lowest BCUT2D eigenvalue weighted by atomic mass is 10.3. The Kier molecular flexibility index (Phi) is 11.9. The van der Waals surface area contributed by atoms with E-state index >= 15 is 0 Å². The summed E-state index contributed by atoms with van der Waals surface area (Å²) in [4.78, 5) is 44.5. The third-order valence-electron chi connectivity index (χ3n) is 2.92. The number of benzene rings is 1. The van der Waals surface area contributed by atoms with Crippen LogP contribution in [0.15, 0.2) is 30.3 Å². The van der Waals surface area contributed by atoms with Crippen molar-refractivity contribution in [2.75, 3.05) is 18.8 Å². The Morgan fingerprint density at radius 1 is 1.00 bits per heavy atom. The topological polar surface area (TPSA) is 99.2 Å². The molecule has 0 aromatic heterocycles. The highest BCUT2D eigenvalue weighted by Crippen LogP contribution is 2.21. The largest absolute Gasteiger partial charge is 0.510 e. The zero-order valence-corrected chi connectivity index (χ0v) is 15.5. The molecule has 2 rings (SSSR count). The molecule has 1 aromatic carbocycles. The molecule has 0 N–H and O–H groups in total. The first-order valence-electron chi connectivity index (χ1n) is 8.26. The monoisotopic (exact) mass is 367 g/mol. The number of carbonyl (C=O) groups is 4. The zero-order chi connectivity index (χ0) is 19.9. The maximum atomic E-state index is 11.3. The van der Waals surface area contributed by atoms with Gasteiger partial charge in [-0.15, -0.1) is 0 Å². The van der Waals surface area contributed by atoms with Crippen molar-refractivity contribution in [3.05, 3.63) is 30.3 Å². The number of ether oxygens (including phenoxy) is 3. The second-order valence-corrected chi connectivity index (χ2v) is 4.54. The molecule has 144 valence electrons. The van der Waals surface area contributed by atoms with Gasteiger partial charge in [0.15, 0.2) is 0 Å². The summed E-state index contributed by atoms with van der Waals surface area (Å²) in [5.41, 5.74) is 0.676. The molecule has 8 nitrogen and oxygen atoms in total. The van der Waals surface area contributed by atoms with Crippen molar-refractivity contribution in [3.63, 3.8) is 0 Å². The summed E-state index contributed by atoms with van der Waals surface area (Å²) in [5.74, 6) is -0.624. The molecule has 1 fully saturated rings. The number of hydrogen-bond donors (Lipinski definition) is 0. The van der Waals surface area contributed by atoms with Crippen molar-refractivity contribution in [2.24, 2.45) is 0 Å². The molecular weight excluding hydrogens is 342 g/mol. The van der Waals surface area contributed by atoms with Crippen LogP contribution in [0.4, 0.5) is 10.5 Å². The lowest BCUT2D eigenvalue weighted by Gasteiger charge is -2.12. The predicted molar refractivity (Wildman–Crippen MR) is 94.3 cm³/mol. The van der Waals surface area contributed by atoms with Gasteiger partial charge in [0.2, 0.25) is 18.6 Å². The molecule has 26 heavy (non-hydrogen) atoms. The average Bonchev–Trinajstić information content (AvgIpc) is 3.02. The molecule has 1 saturated heterocycles. The van der Waals surface area contributed by atoms with Gasteiger partial charge in [-0.1, -0.05) is 39.0 Å². The fourth-order valence-electron chi connectivity index (χ4n) is 1.75. The standard InChI is InChI=1S/C10H9NO2.C6H10O5.C2H6/c12-9-6-7-10(13)11(9)8-4-2-1-3-5-8;1-3-5(7)10-4-11-6(8)9-2;1-2/h1-5H,6-7H2;3-4H2,1-2H3;1-2H3. The molecule has 8 heteroatoms. The highest BCUT2D eigenvalue weighted by atomic mass is 16.8. The zero-order valence-electron chi connectivity index (χ0n) is 15.5. The SMILES string of the molecule is CC.CCC(=O)OCOC(=O)OC.O=C1CCC(=O)N1c1ccccc1. The Morgan fingerprint density at radius 2 is 1.54 bits per heavy atom. The van der Waals surface area contributed by atoms with Crippen LogP contribution in [-0.4, -0.2) is 37.8 Å². The number of imide groups is 1. The Bertz CT molecular complexity index is 554. The van der Waals surface area contributed by atoms with Gasteiger partial charge in [0.05, 0.1) is 12.8 Å². The molecule has 1 aliphatic heterocycles. The highest BCUT2D eigenvalue weighted by molar-refractivity contribution is 6.19. The summed E-state index contributed by atoms with van der Waals surface area (Å²) in [7, 11) is 1.17. The number of methoxy groups -OCH3 is 1. The van der Waals surface area contributed by atoms with Crippen LogP contribution < -0.4 is 4.90 Å². The summed E-state index contributed by atoms with van der Waals surface area (Å²) in [5, 5.41) is 0. The molecule has 0 unspecified atom stereocenters. The minimum absolute atomic E-state index is 0.101. The van der Waals surface area contributed by atoms with Gasteiger partial charge in [-0.3, -0.25) is 19.3 Å². The van der Waals surface area contributed by atoms with Crippen LogP contribution in [0.5, 0.6) is 0 Å². The number of amides is 2. The summed E-state index contributed by atoms with van der Waals surface area (Å²) < 4.78 is 12.8. The lowest BCUT2D eigenvalue weighted by molar-refractivity contribution is -0.152. The van der Waals surface area contributed by atoms with Gasteiger partial charge in [-0.25, -0.2) is 4.79 Å². The Balaban J connectivity index is 0.000000446. The van der Waals surface area contributed by atoms with Crippen molar-refractivity contribution in [1.29, 1.82) is 0 Å². The average molecular weight is 367 g/mol. The first-order valence-corrected chi connectivity index (χ1v) is 8.26. The van der Waals surface area contributed by atoms with E-state index in [0.29, 0.717) is 18.5 Å². The predicted octanol–water partition coefficient (Wildman–Crippen LogP) is 3.05. The summed E-state index contributed by atoms with van der Waals surface area (Å²) >= 11 is 0. The molecule has 0 radical (unpaired) electrons. The molecule has 0 aliphatic carbocycles. The van der Waals surface area contributed by atoms with Crippen LogP contribution in [0.2, 0.25) is 0 Å². The number of rotatable bonds is 4. The van der Waals surface area contributed by atoms with E-state index in [1.165, 1.54) is 12.0 Å². The molecule has 2 amide bonds. The Labute approximate surface area is 153 Å². The van der Waals surface area contributed by atoms with E-state index in [1.807, 2.05) is 32.0 Å². The number of anilines is 1. The molecule has 1 aromatic rings. The second-order valence-electron chi connectivity index (χ2n) is 4.54. The summed E-state index contributed by atoms with van der Waals surface area (Å²) in [6, 6.07) is 9.01. The van der Waals surface area contributed by atoms with Gasteiger partial charge in [0, 0.05) is 19.3 Å². The fourth-order valence-corrected chi connectivity index (χ4v) is 1.75. The van der Waals surface area contributed by atoms with Gasteiger partial charge < -0.3 is 14.2 Å². The van der Waals surface area contributed by atoms with Crippen LogP contribution >= 0.6 is 0 Å². The van der Waals surface area contributed by atoms with Crippen LogP contribution in [0.1, 0.15) is 40.0 Å². The van der Waals surface area contributed by atoms with E-state index in [9.17, 15) is 19.2 Å². The third-order valence-corrected chi connectivity index (χ3v) is 2.92. The number of carbonyl (C=O) groups excluding carboxylic acids is 4. The van der Waals surface area contributed by atoms with E-state index in [4.69, 9.17) is 0 Å². The van der Waals surface area contributed by atoms with E-state index in [1.54, 1.807) is 19.1 Å². The molecule has 0 bridgehead atoms. The lowest BCUT2D eigenvalue weighted by Crippen LogP contribution is -2.28. The van der Waals surface area contributed by atoms with Gasteiger partial charge in [0.1, 0.15) is 0 Å². The Hall–Kier alpha value is -2.90. The van der Waals surface area contributed by atoms with Crippen LogP contribution in [0.3, 0.4) is 0 Å². The second kappa shape index (κ2) is 13.4. The highest BCUT2D eigenvalue weighted by Gasteiger charge is 2.29. The number of hydrogen-bond acceptors (Lipinski definition) is 7. The fraction of sp³-hybridized carbons (Fsp3) is 0.444. The molecule has 1 aliphatic rings. The number of nitrogens with zero attached hydrogens (tertiary/aromatic N) is 1. The summed E-state index contributed by atoms with van der Waals surface area (Å²) in [6.45, 7) is 5.25. The molecule has 0 spiro atoms. The van der Waals surface area contributed by atoms with Crippen LogP contribution in [-0.2, 0) is 28.6 Å². The normalized spacial score (nSPS) is 12.2. The minimum atomic E-state index is -0.867. The number of para-hydroxylation sites is 1. The molecule has 0 saturated carbocycles. The van der Waals surface area contributed by atoms with Gasteiger partial charge in [-0.05, 0) is 12.1 Å². The Morgan fingerprint density at radius 3 is 2.00 bits per heavy atom. The first-order chi connectivity index (χ1) is 12.5. The maximum Gasteiger partial charge on any atom is 0.510 e. The van der Waals surface area contributed by atoms with Crippen molar-refractivity contribution in [2.45, 2.75) is 40.0 Å². The van der Waals surface area contributed by atoms with E-state index < -0.39 is 12.1 Å². The van der Waals surface area contributed by atoms with Crippen LogP contribution in [0.25, 0.3) is 0 Å². The molecular formula is C18H25NO7. The van der Waals surface area contributed by atoms with Gasteiger partial charge >= 0.3 is 12.1 Å². The first kappa shape index (κ1) is 23.1. The van der Waals surface area contributed by atoms with E-state index in [0.717, 1.165) is 0 Å². The van der Waals surface area contributed by atoms with Crippen molar-refractivity contribution in [3.8, 4) is 0 Å². The van der Waals surface area contributed by atoms with Gasteiger partial charge in [-0.2, -0.15) is 0 Å². The van der Waals surface area contributed by atoms with E-state index in [2.05, 4.69) is 14.2 Å². The van der Waals surface area contributed by atoms with Crippen molar-refractivity contribution in [1.82, 2.24) is 0 Å². The smallest absolute Gasteiger partial charge is 0.438 e. The maximum absolute atomic E-state index is 11.3. The van der Waals surface area contributed by atoms with Crippen molar-refractivity contribution < 1.29 is 33.4 Å². The molecule has 0 atom stereocenters. The van der Waals surface area contributed by atoms with Crippen molar-refractivity contribution >= 4 is 29.6 Å². The van der Waals surface area contributed by atoms with Gasteiger partial charge in [0.25, 0.3) is 0 Å². The quantitative estimate of drug-likeness (QED) is 0.458.